The van der Waals surface area contributed by atoms with Gasteiger partial charge in [-0.1, -0.05) is 0 Å². The number of hydrogen-bond acceptors (Lipinski definition) is 6. The van der Waals surface area contributed by atoms with Gasteiger partial charge < -0.3 is 19.9 Å². The summed E-state index contributed by atoms with van der Waals surface area (Å²) in [6.07, 6.45) is -0.274. The van der Waals surface area contributed by atoms with E-state index in [-0.39, 0.29) is 43.2 Å². The molecule has 0 aromatic heterocycles. The van der Waals surface area contributed by atoms with Gasteiger partial charge in [-0.15, -0.1) is 0 Å². The lowest BCUT2D eigenvalue weighted by Crippen LogP contribution is -2.27. The summed E-state index contributed by atoms with van der Waals surface area (Å²) in [5.74, 6) is -1.36. The predicted octanol–water partition coefficient (Wildman–Crippen LogP) is 0.571. The molecule has 2 rings (SSSR count). The summed E-state index contributed by atoms with van der Waals surface area (Å²) >= 11 is 0. The summed E-state index contributed by atoms with van der Waals surface area (Å²) in [5.41, 5.74) is -0.623. The zero-order valence-electron chi connectivity index (χ0n) is 10.8. The highest BCUT2D eigenvalue weighted by molar-refractivity contribution is 5.99. The van der Waals surface area contributed by atoms with Gasteiger partial charge in [0, 0.05) is 12.6 Å². The van der Waals surface area contributed by atoms with Gasteiger partial charge in [0.05, 0.1) is 17.4 Å². The SMILES string of the molecule is O=C(O)CCNC(=O)c1cc2c(cc1[N+](=O)[O-])OCCO2. The number of carbonyl (C=O) groups is 2. The van der Waals surface area contributed by atoms with E-state index in [1.54, 1.807) is 0 Å². The van der Waals surface area contributed by atoms with E-state index < -0.39 is 22.5 Å². The van der Waals surface area contributed by atoms with Gasteiger partial charge >= 0.3 is 5.97 Å². The third kappa shape index (κ3) is 3.38. The van der Waals surface area contributed by atoms with E-state index in [9.17, 15) is 19.7 Å². The first-order chi connectivity index (χ1) is 9.99. The highest BCUT2D eigenvalue weighted by Crippen LogP contribution is 2.36. The number of nitro groups is 1. The van der Waals surface area contributed by atoms with Gasteiger partial charge in [-0.05, 0) is 0 Å². The lowest BCUT2D eigenvalue weighted by molar-refractivity contribution is -0.385. The van der Waals surface area contributed by atoms with Crippen LogP contribution in [0.4, 0.5) is 5.69 Å². The van der Waals surface area contributed by atoms with E-state index in [2.05, 4.69) is 5.32 Å². The molecular formula is C12H12N2O7. The number of amides is 1. The number of nitro benzene ring substituents is 1. The maximum atomic E-state index is 11.9. The molecule has 1 amide bonds. The fraction of sp³-hybridized carbons (Fsp3) is 0.333. The number of hydrogen-bond donors (Lipinski definition) is 2. The number of nitrogens with zero attached hydrogens (tertiary/aromatic N) is 1. The van der Waals surface area contributed by atoms with Crippen LogP contribution in [0.5, 0.6) is 11.5 Å². The zero-order chi connectivity index (χ0) is 15.4. The van der Waals surface area contributed by atoms with Crippen molar-refractivity contribution in [1.29, 1.82) is 0 Å². The molecule has 1 aliphatic heterocycles. The molecule has 1 heterocycles. The van der Waals surface area contributed by atoms with Crippen LogP contribution in [0.3, 0.4) is 0 Å². The van der Waals surface area contributed by atoms with E-state index in [1.807, 2.05) is 0 Å². The normalized spacial score (nSPS) is 12.6. The van der Waals surface area contributed by atoms with Crippen LogP contribution in [0.25, 0.3) is 0 Å². The molecule has 0 aliphatic carbocycles. The average molecular weight is 296 g/mol. The second-order valence-electron chi connectivity index (χ2n) is 4.17. The first-order valence-corrected chi connectivity index (χ1v) is 6.07. The number of ether oxygens (including phenoxy) is 2. The Kier molecular flexibility index (Phi) is 4.21. The number of fused-ring (bicyclic) bond motifs is 1. The Bertz CT molecular complexity index is 600. The van der Waals surface area contributed by atoms with Crippen molar-refractivity contribution in [3.8, 4) is 11.5 Å². The van der Waals surface area contributed by atoms with Gasteiger partial charge in [0.25, 0.3) is 11.6 Å². The number of aliphatic carboxylic acids is 1. The molecule has 0 fully saturated rings. The van der Waals surface area contributed by atoms with Crippen molar-refractivity contribution in [2.45, 2.75) is 6.42 Å². The molecule has 0 bridgehead atoms. The van der Waals surface area contributed by atoms with Crippen LogP contribution >= 0.6 is 0 Å². The Morgan fingerprint density at radius 3 is 2.48 bits per heavy atom. The first kappa shape index (κ1) is 14.6. The monoisotopic (exact) mass is 296 g/mol. The molecule has 21 heavy (non-hydrogen) atoms. The number of carboxylic acids is 1. The van der Waals surface area contributed by atoms with Crippen molar-refractivity contribution in [3.63, 3.8) is 0 Å². The van der Waals surface area contributed by atoms with Crippen LogP contribution < -0.4 is 14.8 Å². The molecule has 0 saturated heterocycles. The number of benzene rings is 1. The Labute approximate surface area is 118 Å². The maximum absolute atomic E-state index is 11.9. The van der Waals surface area contributed by atoms with E-state index in [4.69, 9.17) is 14.6 Å². The van der Waals surface area contributed by atoms with Crippen LogP contribution in [0.1, 0.15) is 16.8 Å². The lowest BCUT2D eigenvalue weighted by Gasteiger charge is -2.18. The summed E-state index contributed by atoms with van der Waals surface area (Å²) < 4.78 is 10.5. The molecular weight excluding hydrogens is 284 g/mol. The summed E-state index contributed by atoms with van der Waals surface area (Å²) in [4.78, 5) is 32.6. The van der Waals surface area contributed by atoms with Gasteiger partial charge in [-0.2, -0.15) is 0 Å². The summed E-state index contributed by atoms with van der Waals surface area (Å²) in [7, 11) is 0. The average Bonchev–Trinajstić information content (AvgIpc) is 2.45. The molecule has 0 saturated carbocycles. The van der Waals surface area contributed by atoms with Crippen molar-refractivity contribution in [2.75, 3.05) is 19.8 Å². The van der Waals surface area contributed by atoms with Gasteiger partial charge in [-0.25, -0.2) is 0 Å². The van der Waals surface area contributed by atoms with Crippen molar-refractivity contribution >= 4 is 17.6 Å². The smallest absolute Gasteiger partial charge is 0.305 e. The number of carbonyl (C=O) groups excluding carboxylic acids is 1. The highest BCUT2D eigenvalue weighted by atomic mass is 16.6. The molecule has 0 radical (unpaired) electrons. The number of rotatable bonds is 5. The van der Waals surface area contributed by atoms with Gasteiger partial charge in [0.2, 0.25) is 0 Å². The second-order valence-corrected chi connectivity index (χ2v) is 4.17. The fourth-order valence-electron chi connectivity index (χ4n) is 1.79. The minimum absolute atomic E-state index is 0.125. The molecule has 0 unspecified atom stereocenters. The van der Waals surface area contributed by atoms with Crippen LogP contribution in [0, 0.1) is 10.1 Å². The standard InChI is InChI=1S/C12H12N2O7/c15-11(16)1-2-13-12(17)7-5-9-10(21-4-3-20-9)6-8(7)14(18)19/h5-6H,1-4H2,(H,13,17)(H,15,16). The summed E-state index contributed by atoms with van der Waals surface area (Å²) in [6, 6.07) is 2.35. The minimum Gasteiger partial charge on any atom is -0.486 e. The molecule has 0 atom stereocenters. The molecule has 0 spiro atoms. The lowest BCUT2D eigenvalue weighted by atomic mass is 10.1. The van der Waals surface area contributed by atoms with E-state index in [0.29, 0.717) is 0 Å². The van der Waals surface area contributed by atoms with E-state index in [0.717, 1.165) is 6.07 Å². The first-order valence-electron chi connectivity index (χ1n) is 6.07. The maximum Gasteiger partial charge on any atom is 0.305 e. The topological polar surface area (TPSA) is 128 Å². The van der Waals surface area contributed by atoms with Crippen molar-refractivity contribution in [1.82, 2.24) is 5.32 Å². The van der Waals surface area contributed by atoms with Crippen LogP contribution in [0.15, 0.2) is 12.1 Å². The Morgan fingerprint density at radius 2 is 1.90 bits per heavy atom. The van der Waals surface area contributed by atoms with Crippen molar-refractivity contribution in [2.24, 2.45) is 0 Å². The molecule has 9 heteroatoms. The van der Waals surface area contributed by atoms with E-state index in [1.165, 1.54) is 6.07 Å². The molecule has 1 aliphatic rings. The second kappa shape index (κ2) is 6.07. The van der Waals surface area contributed by atoms with E-state index >= 15 is 0 Å². The largest absolute Gasteiger partial charge is 0.486 e. The quantitative estimate of drug-likeness (QED) is 0.600. The third-order valence-electron chi connectivity index (χ3n) is 2.73. The Morgan fingerprint density at radius 1 is 1.29 bits per heavy atom. The van der Waals surface area contributed by atoms with Gasteiger partial charge in [0.15, 0.2) is 11.5 Å². The number of nitrogens with one attached hydrogen (secondary N) is 1. The van der Waals surface area contributed by atoms with Crippen LogP contribution in [0.2, 0.25) is 0 Å². The molecule has 112 valence electrons. The third-order valence-corrected chi connectivity index (χ3v) is 2.73. The highest BCUT2D eigenvalue weighted by Gasteiger charge is 2.26. The summed E-state index contributed by atoms with van der Waals surface area (Å²) in [6.45, 7) is 0.430. The minimum atomic E-state index is -1.08. The molecule has 2 N–H and O–H groups in total. The Balaban J connectivity index is 2.26. The fourth-order valence-corrected chi connectivity index (χ4v) is 1.79. The van der Waals surface area contributed by atoms with Gasteiger partial charge in [-0.3, -0.25) is 19.7 Å². The predicted molar refractivity (Wildman–Crippen MR) is 68.7 cm³/mol. The Hall–Kier alpha value is -2.84. The van der Waals surface area contributed by atoms with Gasteiger partial charge in [0.1, 0.15) is 18.8 Å². The molecule has 1 aromatic rings. The van der Waals surface area contributed by atoms with Crippen molar-refractivity contribution < 1.29 is 29.1 Å². The van der Waals surface area contributed by atoms with Crippen LogP contribution in [-0.4, -0.2) is 41.7 Å². The molecule has 9 nitrogen and oxygen atoms in total. The molecule has 1 aromatic carbocycles. The van der Waals surface area contributed by atoms with Crippen LogP contribution in [-0.2, 0) is 4.79 Å². The zero-order valence-corrected chi connectivity index (χ0v) is 10.8. The van der Waals surface area contributed by atoms with Crippen molar-refractivity contribution in [3.05, 3.63) is 27.8 Å². The number of carboxylic acid groups (broad SMARTS) is 1. The summed E-state index contributed by atoms with van der Waals surface area (Å²) in [5, 5.41) is 21.8.